The average Bonchev–Trinajstić information content (AvgIpc) is 2.79. The smallest absolute Gasteiger partial charge is 0.256 e. The van der Waals surface area contributed by atoms with Crippen molar-refractivity contribution >= 4 is 23.3 Å². The molecule has 106 valence electrons. The lowest BCUT2D eigenvalue weighted by molar-refractivity contribution is -0.114. The summed E-state index contributed by atoms with van der Waals surface area (Å²) in [6.07, 6.45) is 1.38. The average molecular weight is 283 g/mol. The summed E-state index contributed by atoms with van der Waals surface area (Å²) in [5.74, 6) is -0.277. The molecule has 0 radical (unpaired) electrons. The van der Waals surface area contributed by atoms with Crippen molar-refractivity contribution in [1.29, 1.82) is 5.26 Å². The van der Waals surface area contributed by atoms with Crippen molar-refractivity contribution in [3.8, 4) is 6.07 Å². The predicted molar refractivity (Wildman–Crippen MR) is 76.6 cm³/mol. The second kappa shape index (κ2) is 5.88. The highest BCUT2D eigenvalue weighted by Gasteiger charge is 2.13. The fourth-order valence-electron chi connectivity index (χ4n) is 1.79. The minimum Gasteiger partial charge on any atom is -0.326 e. The topological polar surface area (TPSA) is 99.8 Å². The Labute approximate surface area is 121 Å². The molecule has 0 spiro atoms. The summed E-state index contributed by atoms with van der Waals surface area (Å²) in [6, 6.07) is 8.47. The molecule has 7 nitrogen and oxygen atoms in total. The Balaban J connectivity index is 2.23. The van der Waals surface area contributed by atoms with E-state index in [-0.39, 0.29) is 17.4 Å². The van der Waals surface area contributed by atoms with Gasteiger partial charge in [-0.3, -0.25) is 14.3 Å². The van der Waals surface area contributed by atoms with Crippen molar-refractivity contribution < 1.29 is 9.59 Å². The molecule has 1 aromatic carbocycles. The lowest BCUT2D eigenvalue weighted by atomic mass is 10.2. The van der Waals surface area contributed by atoms with Gasteiger partial charge in [0.15, 0.2) is 0 Å². The van der Waals surface area contributed by atoms with Crippen molar-refractivity contribution in [1.82, 2.24) is 9.78 Å². The number of carbonyl (C=O) groups excluding carboxylic acids is 2. The van der Waals surface area contributed by atoms with E-state index in [1.54, 1.807) is 31.3 Å². The van der Waals surface area contributed by atoms with Crippen molar-refractivity contribution in [2.45, 2.75) is 6.92 Å². The molecule has 0 saturated heterocycles. The van der Waals surface area contributed by atoms with Crippen LogP contribution in [0.25, 0.3) is 0 Å². The second-order valence-corrected chi connectivity index (χ2v) is 4.36. The quantitative estimate of drug-likeness (QED) is 0.891. The summed E-state index contributed by atoms with van der Waals surface area (Å²) in [6.45, 7) is 1.39. The number of hydrogen-bond donors (Lipinski definition) is 2. The summed E-state index contributed by atoms with van der Waals surface area (Å²) >= 11 is 0. The first-order valence-corrected chi connectivity index (χ1v) is 6.12. The Morgan fingerprint density at radius 2 is 2.10 bits per heavy atom. The highest BCUT2D eigenvalue weighted by atomic mass is 16.2. The van der Waals surface area contributed by atoms with Gasteiger partial charge in [0.1, 0.15) is 17.5 Å². The normalized spacial score (nSPS) is 9.76. The van der Waals surface area contributed by atoms with Crippen LogP contribution in [0.15, 0.2) is 30.5 Å². The third-order valence-electron chi connectivity index (χ3n) is 2.74. The van der Waals surface area contributed by atoms with Gasteiger partial charge < -0.3 is 10.6 Å². The molecule has 7 heteroatoms. The van der Waals surface area contributed by atoms with Gasteiger partial charge in [0.2, 0.25) is 5.91 Å². The Hall–Kier alpha value is -3.14. The minimum atomic E-state index is -0.387. The maximum absolute atomic E-state index is 12.2. The number of nitrogens with zero attached hydrogens (tertiary/aromatic N) is 3. The Bertz CT molecular complexity index is 742. The van der Waals surface area contributed by atoms with E-state index >= 15 is 0 Å². The number of amides is 2. The van der Waals surface area contributed by atoms with Crippen LogP contribution in [-0.2, 0) is 11.8 Å². The first-order chi connectivity index (χ1) is 10.0. The van der Waals surface area contributed by atoms with Crippen LogP contribution in [0.2, 0.25) is 0 Å². The van der Waals surface area contributed by atoms with Crippen molar-refractivity contribution in [2.24, 2.45) is 7.05 Å². The molecule has 21 heavy (non-hydrogen) atoms. The lowest BCUT2D eigenvalue weighted by Crippen LogP contribution is -2.16. The standard InChI is InChI=1S/C14H13N5O2/c1-9(20)17-12-5-3-4-10(6-12)14(21)18-13-11(7-15)8-16-19(13)2/h3-6,8H,1-2H3,(H,17,20)(H,18,21). The van der Waals surface area contributed by atoms with Crippen LogP contribution in [0.3, 0.4) is 0 Å². The number of anilines is 2. The van der Waals surface area contributed by atoms with Gasteiger partial charge in [0.25, 0.3) is 5.91 Å². The van der Waals surface area contributed by atoms with Gasteiger partial charge in [0.05, 0.1) is 6.20 Å². The summed E-state index contributed by atoms with van der Waals surface area (Å²) in [7, 11) is 1.63. The van der Waals surface area contributed by atoms with Crippen molar-refractivity contribution in [3.63, 3.8) is 0 Å². The van der Waals surface area contributed by atoms with E-state index in [0.29, 0.717) is 17.1 Å². The van der Waals surface area contributed by atoms with Gasteiger partial charge in [-0.15, -0.1) is 0 Å². The van der Waals surface area contributed by atoms with E-state index in [2.05, 4.69) is 15.7 Å². The summed E-state index contributed by atoms with van der Waals surface area (Å²) < 4.78 is 1.41. The van der Waals surface area contributed by atoms with E-state index < -0.39 is 0 Å². The fourth-order valence-corrected chi connectivity index (χ4v) is 1.79. The molecule has 0 aliphatic heterocycles. The molecule has 0 aliphatic carbocycles. The Kier molecular flexibility index (Phi) is 4.00. The summed E-state index contributed by atoms with van der Waals surface area (Å²) in [4.78, 5) is 23.2. The van der Waals surface area contributed by atoms with E-state index in [1.807, 2.05) is 6.07 Å². The molecular formula is C14H13N5O2. The van der Waals surface area contributed by atoms with Crippen LogP contribution < -0.4 is 10.6 Å². The SMILES string of the molecule is CC(=O)Nc1cccc(C(=O)Nc2c(C#N)cnn2C)c1. The third-order valence-corrected chi connectivity index (χ3v) is 2.74. The van der Waals surface area contributed by atoms with E-state index in [4.69, 9.17) is 5.26 Å². The molecule has 0 unspecified atom stereocenters. The second-order valence-electron chi connectivity index (χ2n) is 4.36. The Morgan fingerprint density at radius 1 is 1.33 bits per heavy atom. The Morgan fingerprint density at radius 3 is 2.76 bits per heavy atom. The summed E-state index contributed by atoms with van der Waals surface area (Å²) in [5, 5.41) is 18.1. The lowest BCUT2D eigenvalue weighted by Gasteiger charge is -2.08. The van der Waals surface area contributed by atoms with Crippen LogP contribution in [-0.4, -0.2) is 21.6 Å². The number of hydrogen-bond acceptors (Lipinski definition) is 4. The number of carbonyl (C=O) groups is 2. The maximum Gasteiger partial charge on any atom is 0.256 e. The van der Waals surface area contributed by atoms with Crippen molar-refractivity contribution in [2.75, 3.05) is 10.6 Å². The molecule has 2 rings (SSSR count). The summed E-state index contributed by atoms with van der Waals surface area (Å²) in [5.41, 5.74) is 1.18. The van der Waals surface area contributed by atoms with Gasteiger partial charge in [-0.1, -0.05) is 6.07 Å². The molecule has 0 bridgehead atoms. The number of aryl methyl sites for hydroxylation is 1. The molecule has 1 heterocycles. The highest BCUT2D eigenvalue weighted by molar-refractivity contribution is 6.05. The minimum absolute atomic E-state index is 0.217. The molecule has 0 atom stereocenters. The number of nitrogens with one attached hydrogen (secondary N) is 2. The van der Waals surface area contributed by atoms with Gasteiger partial charge in [0, 0.05) is 25.2 Å². The number of nitriles is 1. The molecule has 0 aliphatic rings. The molecule has 1 aromatic heterocycles. The van der Waals surface area contributed by atoms with Gasteiger partial charge >= 0.3 is 0 Å². The van der Waals surface area contributed by atoms with Crippen LogP contribution in [0.4, 0.5) is 11.5 Å². The van der Waals surface area contributed by atoms with Crippen LogP contribution >= 0.6 is 0 Å². The predicted octanol–water partition coefficient (Wildman–Crippen LogP) is 1.50. The third kappa shape index (κ3) is 3.25. The van der Waals surface area contributed by atoms with Crippen molar-refractivity contribution in [3.05, 3.63) is 41.6 Å². The molecule has 2 N–H and O–H groups in total. The van der Waals surface area contributed by atoms with Gasteiger partial charge in [-0.25, -0.2) is 0 Å². The molecule has 0 fully saturated rings. The van der Waals surface area contributed by atoms with E-state index in [9.17, 15) is 9.59 Å². The monoisotopic (exact) mass is 283 g/mol. The molecular weight excluding hydrogens is 270 g/mol. The van der Waals surface area contributed by atoms with Crippen LogP contribution in [0, 0.1) is 11.3 Å². The number of rotatable bonds is 3. The first-order valence-electron chi connectivity index (χ1n) is 6.12. The van der Waals surface area contributed by atoms with Gasteiger partial charge in [-0.05, 0) is 18.2 Å². The van der Waals surface area contributed by atoms with Gasteiger partial charge in [-0.2, -0.15) is 10.4 Å². The van der Waals surface area contributed by atoms with E-state index in [0.717, 1.165) is 0 Å². The van der Waals surface area contributed by atoms with Crippen LogP contribution in [0.1, 0.15) is 22.8 Å². The molecule has 2 amide bonds. The molecule has 0 saturated carbocycles. The zero-order valence-electron chi connectivity index (χ0n) is 11.5. The number of aromatic nitrogens is 2. The first kappa shape index (κ1) is 14.3. The van der Waals surface area contributed by atoms with E-state index in [1.165, 1.54) is 17.8 Å². The number of benzene rings is 1. The fraction of sp³-hybridized carbons (Fsp3) is 0.143. The highest BCUT2D eigenvalue weighted by Crippen LogP contribution is 2.16. The maximum atomic E-state index is 12.2. The largest absolute Gasteiger partial charge is 0.326 e. The molecule has 2 aromatic rings. The zero-order valence-corrected chi connectivity index (χ0v) is 11.5. The van der Waals surface area contributed by atoms with Crippen LogP contribution in [0.5, 0.6) is 0 Å². The zero-order chi connectivity index (χ0) is 15.4.